The van der Waals surface area contributed by atoms with Gasteiger partial charge in [-0.1, -0.05) is 65.0 Å². The van der Waals surface area contributed by atoms with Crippen LogP contribution in [0.2, 0.25) is 0 Å². The van der Waals surface area contributed by atoms with Crippen molar-refractivity contribution in [2.45, 2.75) is 67.3 Å². The first kappa shape index (κ1) is 25.5. The van der Waals surface area contributed by atoms with Crippen molar-refractivity contribution in [3.8, 4) is 0 Å². The van der Waals surface area contributed by atoms with Crippen LogP contribution in [0.25, 0.3) is 17.8 Å². The maximum absolute atomic E-state index is 6.74. The smallest absolute Gasteiger partial charge is 0.0941 e. The van der Waals surface area contributed by atoms with Gasteiger partial charge in [0.25, 0.3) is 0 Å². The zero-order chi connectivity index (χ0) is 24.0. The second kappa shape index (κ2) is 11.2. The van der Waals surface area contributed by atoms with E-state index in [0.29, 0.717) is 30.0 Å². The molecule has 0 aromatic carbocycles. The van der Waals surface area contributed by atoms with E-state index in [4.69, 9.17) is 16.5 Å². The van der Waals surface area contributed by atoms with Crippen LogP contribution in [0, 0.1) is 17.8 Å². The van der Waals surface area contributed by atoms with Crippen molar-refractivity contribution in [1.29, 1.82) is 0 Å². The van der Waals surface area contributed by atoms with E-state index in [2.05, 4.69) is 57.9 Å². The van der Waals surface area contributed by atoms with E-state index in [0.717, 1.165) is 58.2 Å². The molecule has 4 nitrogen and oxygen atoms in total. The van der Waals surface area contributed by atoms with Crippen molar-refractivity contribution < 1.29 is 0 Å². The number of nitrogen functional groups attached to an aromatic ring is 1. The van der Waals surface area contributed by atoms with Crippen LogP contribution in [0.5, 0.6) is 0 Å². The van der Waals surface area contributed by atoms with Gasteiger partial charge in [-0.05, 0) is 50.5 Å². The van der Waals surface area contributed by atoms with Crippen molar-refractivity contribution in [2.75, 3.05) is 5.73 Å². The van der Waals surface area contributed by atoms with Gasteiger partial charge in [0, 0.05) is 27.9 Å². The zero-order valence-electron chi connectivity index (χ0n) is 20.9. The SMILES string of the molecule is C=CC(CC)C(C)/C=C1/c2nc(=C/C)/c(=C\C(N)=C/C)c(N)c2CN1C(=C)C(C)CCC. The molecule has 1 aliphatic rings. The Morgan fingerprint density at radius 1 is 1.25 bits per heavy atom. The summed E-state index contributed by atoms with van der Waals surface area (Å²) in [5, 5.41) is 1.75. The average molecular weight is 435 g/mol. The highest BCUT2D eigenvalue weighted by atomic mass is 15.2. The van der Waals surface area contributed by atoms with Gasteiger partial charge in [-0.25, -0.2) is 4.98 Å². The van der Waals surface area contributed by atoms with Gasteiger partial charge in [-0.15, -0.1) is 6.58 Å². The first-order valence-electron chi connectivity index (χ1n) is 11.9. The van der Waals surface area contributed by atoms with Gasteiger partial charge in [-0.2, -0.15) is 0 Å². The predicted octanol–water partition coefficient (Wildman–Crippen LogP) is 5.06. The molecule has 32 heavy (non-hydrogen) atoms. The van der Waals surface area contributed by atoms with E-state index < -0.39 is 0 Å². The van der Waals surface area contributed by atoms with Crippen LogP contribution >= 0.6 is 0 Å². The lowest BCUT2D eigenvalue weighted by molar-refractivity contribution is 0.412. The molecule has 174 valence electrons. The molecule has 1 aromatic heterocycles. The molecule has 2 heterocycles. The summed E-state index contributed by atoms with van der Waals surface area (Å²) in [7, 11) is 0. The van der Waals surface area contributed by atoms with Crippen molar-refractivity contribution >= 4 is 23.5 Å². The van der Waals surface area contributed by atoms with Gasteiger partial charge in [-0.3, -0.25) is 0 Å². The van der Waals surface area contributed by atoms with E-state index >= 15 is 0 Å². The minimum atomic E-state index is 0.331. The fourth-order valence-electron chi connectivity index (χ4n) is 4.46. The van der Waals surface area contributed by atoms with Gasteiger partial charge in [0.05, 0.1) is 23.3 Å². The summed E-state index contributed by atoms with van der Waals surface area (Å²) in [6.07, 6.45) is 13.5. The molecule has 0 bridgehead atoms. The number of aromatic nitrogens is 1. The third-order valence-corrected chi connectivity index (χ3v) is 6.68. The summed E-state index contributed by atoms with van der Waals surface area (Å²) >= 11 is 0. The van der Waals surface area contributed by atoms with Crippen LogP contribution in [0.3, 0.4) is 0 Å². The molecule has 0 spiro atoms. The molecular formula is C28H42N4. The van der Waals surface area contributed by atoms with Crippen molar-refractivity contribution in [1.82, 2.24) is 9.88 Å². The van der Waals surface area contributed by atoms with Gasteiger partial charge >= 0.3 is 0 Å². The van der Waals surface area contributed by atoms with Crippen LogP contribution in [-0.2, 0) is 6.54 Å². The van der Waals surface area contributed by atoms with Gasteiger partial charge < -0.3 is 16.4 Å². The number of hydrogen-bond acceptors (Lipinski definition) is 4. The number of anilines is 1. The number of allylic oxidation sites excluding steroid dienone is 5. The third-order valence-electron chi connectivity index (χ3n) is 6.68. The first-order chi connectivity index (χ1) is 15.2. The van der Waals surface area contributed by atoms with Crippen LogP contribution in [0.15, 0.2) is 42.8 Å². The first-order valence-corrected chi connectivity index (χ1v) is 11.9. The molecule has 3 atom stereocenters. The normalized spacial score (nSPS) is 19.2. The van der Waals surface area contributed by atoms with Crippen LogP contribution in [-0.4, -0.2) is 9.88 Å². The Bertz CT molecular complexity index is 1030. The summed E-state index contributed by atoms with van der Waals surface area (Å²) in [4.78, 5) is 7.40. The fourth-order valence-corrected chi connectivity index (χ4v) is 4.46. The zero-order valence-corrected chi connectivity index (χ0v) is 20.9. The lowest BCUT2D eigenvalue weighted by Gasteiger charge is -2.28. The Morgan fingerprint density at radius 3 is 2.47 bits per heavy atom. The number of nitrogens with two attached hydrogens (primary N) is 2. The van der Waals surface area contributed by atoms with Crippen molar-refractivity contribution in [3.63, 3.8) is 0 Å². The molecule has 0 saturated carbocycles. The quantitative estimate of drug-likeness (QED) is 0.533. The van der Waals surface area contributed by atoms with Crippen LogP contribution < -0.4 is 22.0 Å². The molecule has 1 aromatic rings. The number of pyridine rings is 1. The van der Waals surface area contributed by atoms with Crippen LogP contribution in [0.4, 0.5) is 5.69 Å². The monoisotopic (exact) mass is 434 g/mol. The topological polar surface area (TPSA) is 68.2 Å². The predicted molar refractivity (Wildman–Crippen MR) is 140 cm³/mol. The van der Waals surface area contributed by atoms with E-state index in [1.54, 1.807) is 0 Å². The molecule has 3 unspecified atom stereocenters. The Kier molecular flexibility index (Phi) is 8.94. The van der Waals surface area contributed by atoms with Gasteiger partial charge in [0.2, 0.25) is 0 Å². The second-order valence-corrected chi connectivity index (χ2v) is 8.86. The third kappa shape index (κ3) is 5.17. The molecule has 0 saturated heterocycles. The van der Waals surface area contributed by atoms with E-state index in [9.17, 15) is 0 Å². The lowest BCUT2D eigenvalue weighted by atomic mass is 9.90. The average Bonchev–Trinajstić information content (AvgIpc) is 3.13. The summed E-state index contributed by atoms with van der Waals surface area (Å²) < 4.78 is 0. The summed E-state index contributed by atoms with van der Waals surface area (Å²) in [5.74, 6) is 1.13. The number of hydrogen-bond donors (Lipinski definition) is 2. The molecule has 0 amide bonds. The fraction of sp³-hybridized carbons (Fsp3) is 0.464. The molecular weight excluding hydrogens is 392 g/mol. The summed E-state index contributed by atoms with van der Waals surface area (Å²) in [6, 6.07) is 0. The molecule has 0 aliphatic carbocycles. The molecule has 2 rings (SSSR count). The Hall–Kier alpha value is -2.75. The highest BCUT2D eigenvalue weighted by Gasteiger charge is 2.31. The Labute approximate surface area is 194 Å². The van der Waals surface area contributed by atoms with Gasteiger partial charge in [0.15, 0.2) is 0 Å². The van der Waals surface area contributed by atoms with E-state index in [1.807, 2.05) is 32.1 Å². The number of nitrogens with zero attached hydrogens (tertiary/aromatic N) is 2. The number of fused-ring (bicyclic) bond motifs is 1. The maximum atomic E-state index is 6.74. The summed E-state index contributed by atoms with van der Waals surface area (Å²) in [6.45, 7) is 22.1. The Morgan fingerprint density at radius 2 is 1.94 bits per heavy atom. The minimum Gasteiger partial charge on any atom is -0.399 e. The van der Waals surface area contributed by atoms with Crippen molar-refractivity contribution in [3.05, 3.63) is 64.6 Å². The summed E-state index contributed by atoms with van der Waals surface area (Å²) in [5.41, 5.74) is 18.5. The van der Waals surface area contributed by atoms with Crippen LogP contribution in [0.1, 0.15) is 72.1 Å². The molecule has 4 heteroatoms. The standard InChI is InChI=1S/C28H42N4/c1-9-14-18(6)20(8)32-17-24-27(30)23(16-22(29)12-4)25(13-5)31-28(24)26(32)15-19(7)21(10-2)11-3/h10,12-13,15-16,18-19,21H,2,8-9,11,14,17,29-30H2,1,3-7H3/b22-12+,23-16+,25-13+,26-15-. The highest BCUT2D eigenvalue weighted by molar-refractivity contribution is 5.75. The van der Waals surface area contributed by atoms with Gasteiger partial charge in [0.1, 0.15) is 0 Å². The molecule has 4 N–H and O–H groups in total. The number of rotatable bonds is 9. The lowest BCUT2D eigenvalue weighted by Crippen LogP contribution is -2.33. The molecule has 0 fully saturated rings. The molecule has 1 aliphatic heterocycles. The maximum Gasteiger partial charge on any atom is 0.0941 e. The van der Waals surface area contributed by atoms with E-state index in [-0.39, 0.29) is 0 Å². The largest absolute Gasteiger partial charge is 0.399 e. The van der Waals surface area contributed by atoms with Crippen molar-refractivity contribution in [2.24, 2.45) is 23.5 Å². The van der Waals surface area contributed by atoms with E-state index in [1.165, 1.54) is 0 Å². The Balaban J connectivity index is 2.77. The molecule has 0 radical (unpaired) electrons. The minimum absolute atomic E-state index is 0.331. The second-order valence-electron chi connectivity index (χ2n) is 8.86. The highest BCUT2D eigenvalue weighted by Crippen LogP contribution is 2.39.